The summed E-state index contributed by atoms with van der Waals surface area (Å²) in [7, 11) is 5.50. The van der Waals surface area contributed by atoms with Crippen LogP contribution in [0.3, 0.4) is 0 Å². The Morgan fingerprint density at radius 3 is 2.63 bits per heavy atom. The van der Waals surface area contributed by atoms with E-state index in [1.807, 2.05) is 25.1 Å². The molecule has 162 valence electrons. The molecule has 3 rings (SSSR count). The van der Waals surface area contributed by atoms with E-state index in [9.17, 15) is 9.18 Å². The third kappa shape index (κ3) is 6.21. The second-order valence-corrected chi connectivity index (χ2v) is 7.90. The molecule has 0 spiro atoms. The number of nitrogens with zero attached hydrogens (tertiary/aromatic N) is 4. The highest BCUT2D eigenvalue weighted by Crippen LogP contribution is 2.22. The van der Waals surface area contributed by atoms with Crippen molar-refractivity contribution in [2.24, 2.45) is 0 Å². The molecule has 0 bridgehead atoms. The standard InChI is InChI=1S/C22H31FN6O/c1-24-20-12-18(26-22(27-20)19-6-4-5-11-25-19)14-29(3)21(30)15-28(2)13-16-7-9-17(23)10-8-16/h7-10,12,19,25H,4-6,11,13-15H2,1-3H3,(H,24,26,27)/t19-/m0/s1. The van der Waals surface area contributed by atoms with E-state index in [-0.39, 0.29) is 24.3 Å². The lowest BCUT2D eigenvalue weighted by Gasteiger charge is -2.24. The lowest BCUT2D eigenvalue weighted by atomic mass is 10.0. The van der Waals surface area contributed by atoms with Gasteiger partial charge in [-0.2, -0.15) is 0 Å². The van der Waals surface area contributed by atoms with Crippen molar-refractivity contribution in [3.63, 3.8) is 0 Å². The topological polar surface area (TPSA) is 73.4 Å². The van der Waals surface area contributed by atoms with Crippen molar-refractivity contribution < 1.29 is 9.18 Å². The molecule has 2 aromatic rings. The number of rotatable bonds is 8. The number of aromatic nitrogens is 2. The zero-order valence-corrected chi connectivity index (χ0v) is 18.0. The molecule has 1 aliphatic heterocycles. The maximum absolute atomic E-state index is 13.1. The number of amides is 1. The average molecular weight is 415 g/mol. The van der Waals surface area contributed by atoms with Crippen molar-refractivity contribution in [3.8, 4) is 0 Å². The monoisotopic (exact) mass is 414 g/mol. The first kappa shape index (κ1) is 22.1. The molecule has 0 radical (unpaired) electrons. The number of likely N-dealkylation sites (N-methyl/N-ethyl adjacent to an activating group) is 2. The lowest BCUT2D eigenvalue weighted by molar-refractivity contribution is -0.131. The number of anilines is 1. The van der Waals surface area contributed by atoms with Crippen LogP contribution in [-0.2, 0) is 17.9 Å². The van der Waals surface area contributed by atoms with Gasteiger partial charge in [0.15, 0.2) is 0 Å². The predicted molar refractivity (Wildman–Crippen MR) is 115 cm³/mol. The second-order valence-electron chi connectivity index (χ2n) is 7.90. The van der Waals surface area contributed by atoms with E-state index in [1.54, 1.807) is 24.1 Å². The molecular formula is C22H31FN6O. The van der Waals surface area contributed by atoms with Crippen LogP contribution in [0.2, 0.25) is 0 Å². The van der Waals surface area contributed by atoms with Crippen molar-refractivity contribution in [2.45, 2.75) is 38.4 Å². The third-order valence-electron chi connectivity index (χ3n) is 5.27. The van der Waals surface area contributed by atoms with Crippen LogP contribution >= 0.6 is 0 Å². The minimum absolute atomic E-state index is 0.00146. The van der Waals surface area contributed by atoms with Crippen LogP contribution in [0.4, 0.5) is 10.2 Å². The molecule has 8 heteroatoms. The number of carbonyl (C=O) groups excluding carboxylic acids is 1. The molecule has 0 aliphatic carbocycles. The Kier molecular flexibility index (Phi) is 7.70. The fourth-order valence-corrected chi connectivity index (χ4v) is 3.60. The molecule has 0 unspecified atom stereocenters. The molecule has 7 nitrogen and oxygen atoms in total. The van der Waals surface area contributed by atoms with E-state index in [2.05, 4.69) is 15.6 Å². The summed E-state index contributed by atoms with van der Waals surface area (Å²) in [6.45, 7) is 2.25. The van der Waals surface area contributed by atoms with Gasteiger partial charge in [0.25, 0.3) is 0 Å². The van der Waals surface area contributed by atoms with E-state index in [1.165, 1.54) is 25.0 Å². The molecule has 1 atom stereocenters. The van der Waals surface area contributed by atoms with E-state index in [0.717, 1.165) is 35.9 Å². The number of halogens is 1. The summed E-state index contributed by atoms with van der Waals surface area (Å²) in [6, 6.07) is 8.39. The summed E-state index contributed by atoms with van der Waals surface area (Å²) in [5, 5.41) is 6.57. The Morgan fingerprint density at radius 1 is 1.20 bits per heavy atom. The maximum atomic E-state index is 13.1. The number of hydrogen-bond acceptors (Lipinski definition) is 6. The van der Waals surface area contributed by atoms with Crippen molar-refractivity contribution in [3.05, 3.63) is 53.2 Å². The number of benzene rings is 1. The predicted octanol–water partition coefficient (Wildman–Crippen LogP) is 2.56. The van der Waals surface area contributed by atoms with Crippen LogP contribution in [-0.4, -0.2) is 59.9 Å². The summed E-state index contributed by atoms with van der Waals surface area (Å²) < 4.78 is 13.1. The van der Waals surface area contributed by atoms with Crippen LogP contribution in [0.15, 0.2) is 30.3 Å². The SMILES string of the molecule is CNc1cc(CN(C)C(=O)CN(C)Cc2ccc(F)cc2)nc([C@@H]2CCCCN2)n1. The van der Waals surface area contributed by atoms with Gasteiger partial charge >= 0.3 is 0 Å². The van der Waals surface area contributed by atoms with E-state index >= 15 is 0 Å². The summed E-state index contributed by atoms with van der Waals surface area (Å²) in [5.41, 5.74) is 1.78. The highest BCUT2D eigenvalue weighted by Gasteiger charge is 2.20. The third-order valence-corrected chi connectivity index (χ3v) is 5.27. The van der Waals surface area contributed by atoms with Crippen molar-refractivity contribution in [1.29, 1.82) is 0 Å². The number of carbonyl (C=O) groups is 1. The molecule has 1 aliphatic rings. The van der Waals surface area contributed by atoms with Gasteiger partial charge in [-0.25, -0.2) is 14.4 Å². The van der Waals surface area contributed by atoms with Gasteiger partial charge < -0.3 is 15.5 Å². The number of hydrogen-bond donors (Lipinski definition) is 2. The Hall–Kier alpha value is -2.58. The molecule has 2 N–H and O–H groups in total. The van der Waals surface area contributed by atoms with E-state index in [4.69, 9.17) is 4.98 Å². The summed E-state index contributed by atoms with van der Waals surface area (Å²) in [4.78, 5) is 25.6. The first-order valence-electron chi connectivity index (χ1n) is 10.4. The largest absolute Gasteiger partial charge is 0.373 e. The van der Waals surface area contributed by atoms with Crippen molar-refractivity contribution >= 4 is 11.7 Å². The first-order chi connectivity index (χ1) is 14.4. The fraction of sp³-hybridized carbons (Fsp3) is 0.500. The summed E-state index contributed by atoms with van der Waals surface area (Å²) in [5.74, 6) is 1.29. The maximum Gasteiger partial charge on any atom is 0.236 e. The fourth-order valence-electron chi connectivity index (χ4n) is 3.60. The Morgan fingerprint density at radius 2 is 1.97 bits per heavy atom. The molecule has 2 heterocycles. The summed E-state index contributed by atoms with van der Waals surface area (Å²) >= 11 is 0. The second kappa shape index (κ2) is 10.4. The molecule has 1 saturated heterocycles. The summed E-state index contributed by atoms with van der Waals surface area (Å²) in [6.07, 6.45) is 3.37. The van der Waals surface area contributed by atoms with Crippen LogP contribution in [0, 0.1) is 5.82 Å². The minimum atomic E-state index is -0.259. The van der Waals surface area contributed by atoms with Crippen molar-refractivity contribution in [2.75, 3.05) is 39.5 Å². The van der Waals surface area contributed by atoms with Gasteiger partial charge in [-0.1, -0.05) is 18.6 Å². The average Bonchev–Trinajstić information content (AvgIpc) is 2.75. The molecule has 1 fully saturated rings. The minimum Gasteiger partial charge on any atom is -0.373 e. The van der Waals surface area contributed by atoms with Crippen molar-refractivity contribution in [1.82, 2.24) is 25.1 Å². The molecule has 0 saturated carbocycles. The van der Waals surface area contributed by atoms with Gasteiger partial charge in [0, 0.05) is 26.7 Å². The normalized spacial score (nSPS) is 16.5. The van der Waals surface area contributed by atoms with Crippen LogP contribution in [0.5, 0.6) is 0 Å². The molecule has 1 amide bonds. The van der Waals surface area contributed by atoms with E-state index in [0.29, 0.717) is 13.1 Å². The zero-order chi connectivity index (χ0) is 21.5. The lowest BCUT2D eigenvalue weighted by Crippen LogP contribution is -2.36. The number of piperidine rings is 1. The molecular weight excluding hydrogens is 383 g/mol. The van der Waals surface area contributed by atoms with Gasteiger partial charge in [0.2, 0.25) is 5.91 Å². The van der Waals surface area contributed by atoms with Gasteiger partial charge in [-0.05, 0) is 44.1 Å². The van der Waals surface area contributed by atoms with Gasteiger partial charge in [-0.3, -0.25) is 9.69 Å². The Bertz CT molecular complexity index is 838. The number of nitrogens with one attached hydrogen (secondary N) is 2. The van der Waals surface area contributed by atoms with Crippen LogP contribution < -0.4 is 10.6 Å². The highest BCUT2D eigenvalue weighted by molar-refractivity contribution is 5.77. The van der Waals surface area contributed by atoms with Gasteiger partial charge in [0.1, 0.15) is 17.5 Å². The molecule has 30 heavy (non-hydrogen) atoms. The van der Waals surface area contributed by atoms with E-state index < -0.39 is 0 Å². The zero-order valence-electron chi connectivity index (χ0n) is 18.0. The highest BCUT2D eigenvalue weighted by atomic mass is 19.1. The first-order valence-corrected chi connectivity index (χ1v) is 10.4. The van der Waals surface area contributed by atoms with Gasteiger partial charge in [0.05, 0.1) is 24.8 Å². The smallest absolute Gasteiger partial charge is 0.236 e. The Labute approximate surface area is 177 Å². The van der Waals surface area contributed by atoms with Gasteiger partial charge in [-0.15, -0.1) is 0 Å². The quantitative estimate of drug-likeness (QED) is 0.692. The molecule has 1 aromatic carbocycles. The molecule has 1 aromatic heterocycles. The van der Waals surface area contributed by atoms with Crippen LogP contribution in [0.25, 0.3) is 0 Å². The Balaban J connectivity index is 1.60. The van der Waals surface area contributed by atoms with Crippen LogP contribution in [0.1, 0.15) is 42.4 Å².